The number of nitrogen functional groups attached to an aromatic ring is 1. The second-order valence-electron chi connectivity index (χ2n) is 3.61. The van der Waals surface area contributed by atoms with Crippen LogP contribution in [0, 0.1) is 0 Å². The van der Waals surface area contributed by atoms with E-state index in [1.54, 1.807) is 13.2 Å². The zero-order valence-electron chi connectivity index (χ0n) is 10.9. The van der Waals surface area contributed by atoms with E-state index < -0.39 is 0 Å². The van der Waals surface area contributed by atoms with Gasteiger partial charge in [0.2, 0.25) is 0 Å². The maximum atomic E-state index is 5.36. The van der Waals surface area contributed by atoms with E-state index in [9.17, 15) is 0 Å². The van der Waals surface area contributed by atoms with Gasteiger partial charge in [0.05, 0.1) is 0 Å². The van der Waals surface area contributed by atoms with Crippen LogP contribution in [0.5, 0.6) is 0 Å². The number of nitrogens with one attached hydrogen (secondary N) is 2. The van der Waals surface area contributed by atoms with E-state index in [0.29, 0.717) is 31.5 Å². The normalized spacial score (nSPS) is 10.4. The fourth-order valence-corrected chi connectivity index (χ4v) is 1.35. The van der Waals surface area contributed by atoms with Gasteiger partial charge in [-0.25, -0.2) is 15.8 Å². The van der Waals surface area contributed by atoms with Crippen molar-refractivity contribution in [2.45, 2.75) is 20.0 Å². The van der Waals surface area contributed by atoms with Gasteiger partial charge in [0, 0.05) is 32.9 Å². The molecule has 0 atom stereocenters. The standard InChI is InChI=1S/C11H21N5O2/c1-3-18-8-11-14-9(7-10(15-11)16-12)13-5-4-6-17-2/h7H,3-6,8,12H2,1-2H3,(H2,13,14,15,16). The summed E-state index contributed by atoms with van der Waals surface area (Å²) in [5.41, 5.74) is 2.51. The van der Waals surface area contributed by atoms with Crippen LogP contribution in [0.1, 0.15) is 19.2 Å². The van der Waals surface area contributed by atoms with Gasteiger partial charge in [-0.15, -0.1) is 0 Å². The summed E-state index contributed by atoms with van der Waals surface area (Å²) in [7, 11) is 1.68. The number of nitrogens with two attached hydrogens (primary N) is 1. The summed E-state index contributed by atoms with van der Waals surface area (Å²) in [4.78, 5) is 8.53. The lowest BCUT2D eigenvalue weighted by Crippen LogP contribution is -2.13. The van der Waals surface area contributed by atoms with Crippen molar-refractivity contribution in [1.82, 2.24) is 9.97 Å². The van der Waals surface area contributed by atoms with Crippen LogP contribution in [0.2, 0.25) is 0 Å². The lowest BCUT2D eigenvalue weighted by Gasteiger charge is -2.09. The van der Waals surface area contributed by atoms with Crippen molar-refractivity contribution in [2.75, 3.05) is 37.6 Å². The fourth-order valence-electron chi connectivity index (χ4n) is 1.35. The second kappa shape index (κ2) is 8.62. The molecule has 0 saturated heterocycles. The molecule has 0 bridgehead atoms. The third-order valence-corrected chi connectivity index (χ3v) is 2.19. The van der Waals surface area contributed by atoms with E-state index in [-0.39, 0.29) is 0 Å². The van der Waals surface area contributed by atoms with Crippen molar-refractivity contribution in [3.05, 3.63) is 11.9 Å². The first kappa shape index (κ1) is 14.6. The minimum atomic E-state index is 0.374. The number of hydrazine groups is 1. The van der Waals surface area contributed by atoms with E-state index in [1.165, 1.54) is 0 Å². The van der Waals surface area contributed by atoms with Crippen molar-refractivity contribution in [3.8, 4) is 0 Å². The Hall–Kier alpha value is -1.44. The van der Waals surface area contributed by atoms with Crippen molar-refractivity contribution < 1.29 is 9.47 Å². The van der Waals surface area contributed by atoms with Gasteiger partial charge in [-0.05, 0) is 13.3 Å². The molecular weight excluding hydrogens is 234 g/mol. The molecule has 1 aromatic heterocycles. The van der Waals surface area contributed by atoms with Gasteiger partial charge in [0.25, 0.3) is 0 Å². The minimum absolute atomic E-state index is 0.374. The molecule has 1 heterocycles. The second-order valence-corrected chi connectivity index (χ2v) is 3.61. The van der Waals surface area contributed by atoms with Gasteiger partial charge in [-0.1, -0.05) is 0 Å². The summed E-state index contributed by atoms with van der Waals surface area (Å²) in [6.45, 7) is 4.42. The van der Waals surface area contributed by atoms with E-state index in [1.807, 2.05) is 6.92 Å². The zero-order chi connectivity index (χ0) is 13.2. The van der Waals surface area contributed by atoms with Gasteiger partial charge in [0.15, 0.2) is 5.82 Å². The van der Waals surface area contributed by atoms with Crippen LogP contribution in [0.3, 0.4) is 0 Å². The smallest absolute Gasteiger partial charge is 0.158 e. The molecule has 18 heavy (non-hydrogen) atoms. The number of methoxy groups -OCH3 is 1. The Morgan fingerprint density at radius 2 is 2.11 bits per heavy atom. The molecule has 1 rings (SSSR count). The molecule has 0 saturated carbocycles. The molecule has 102 valence electrons. The lowest BCUT2D eigenvalue weighted by atomic mass is 10.4. The van der Waals surface area contributed by atoms with Crippen molar-refractivity contribution >= 4 is 11.6 Å². The Balaban J connectivity index is 2.58. The highest BCUT2D eigenvalue weighted by Crippen LogP contribution is 2.11. The number of ether oxygens (including phenoxy) is 2. The summed E-state index contributed by atoms with van der Waals surface area (Å²) in [5.74, 6) is 7.25. The lowest BCUT2D eigenvalue weighted by molar-refractivity contribution is 0.128. The van der Waals surface area contributed by atoms with Crippen LogP contribution >= 0.6 is 0 Å². The molecule has 0 aromatic carbocycles. The molecule has 0 aliphatic heterocycles. The Morgan fingerprint density at radius 1 is 1.33 bits per heavy atom. The largest absolute Gasteiger partial charge is 0.385 e. The van der Waals surface area contributed by atoms with Gasteiger partial charge in [-0.3, -0.25) is 0 Å². The molecule has 0 spiro atoms. The summed E-state index contributed by atoms with van der Waals surface area (Å²) in [6.07, 6.45) is 0.909. The van der Waals surface area contributed by atoms with Crippen molar-refractivity contribution in [1.29, 1.82) is 0 Å². The van der Waals surface area contributed by atoms with Crippen molar-refractivity contribution in [2.24, 2.45) is 5.84 Å². The van der Waals surface area contributed by atoms with Crippen LogP contribution in [0.4, 0.5) is 11.6 Å². The van der Waals surface area contributed by atoms with E-state index in [0.717, 1.165) is 18.8 Å². The molecular formula is C11H21N5O2. The Labute approximate surface area is 107 Å². The highest BCUT2D eigenvalue weighted by molar-refractivity contribution is 5.46. The summed E-state index contributed by atoms with van der Waals surface area (Å²) < 4.78 is 10.3. The predicted octanol–water partition coefficient (Wildman–Crippen LogP) is 0.747. The number of hydrogen-bond donors (Lipinski definition) is 3. The number of rotatable bonds is 9. The third-order valence-electron chi connectivity index (χ3n) is 2.19. The quantitative estimate of drug-likeness (QED) is 0.340. The Morgan fingerprint density at radius 3 is 2.78 bits per heavy atom. The average Bonchev–Trinajstić information content (AvgIpc) is 2.41. The molecule has 0 fully saturated rings. The summed E-state index contributed by atoms with van der Waals surface area (Å²) in [5, 5.41) is 3.19. The van der Waals surface area contributed by atoms with E-state index >= 15 is 0 Å². The van der Waals surface area contributed by atoms with Gasteiger partial charge in [0.1, 0.15) is 18.2 Å². The molecule has 0 amide bonds. The number of aromatic nitrogens is 2. The number of nitrogens with zero attached hydrogens (tertiary/aromatic N) is 2. The summed E-state index contributed by atoms with van der Waals surface area (Å²) >= 11 is 0. The molecule has 1 aromatic rings. The maximum Gasteiger partial charge on any atom is 0.158 e. The van der Waals surface area contributed by atoms with Gasteiger partial charge in [-0.2, -0.15) is 0 Å². The Bertz CT molecular complexity index is 348. The SMILES string of the molecule is CCOCc1nc(NN)cc(NCCCOC)n1. The number of anilines is 2. The van der Waals surface area contributed by atoms with Gasteiger partial charge >= 0.3 is 0 Å². The van der Waals surface area contributed by atoms with Gasteiger partial charge < -0.3 is 20.2 Å². The molecule has 0 aliphatic carbocycles. The third kappa shape index (κ3) is 5.26. The highest BCUT2D eigenvalue weighted by Gasteiger charge is 2.03. The molecule has 0 unspecified atom stereocenters. The van der Waals surface area contributed by atoms with E-state index in [2.05, 4.69) is 20.7 Å². The first-order valence-corrected chi connectivity index (χ1v) is 5.95. The number of hydrogen-bond acceptors (Lipinski definition) is 7. The monoisotopic (exact) mass is 255 g/mol. The Kier molecular flexibility index (Phi) is 7.00. The predicted molar refractivity (Wildman–Crippen MR) is 70.2 cm³/mol. The fraction of sp³-hybridized carbons (Fsp3) is 0.636. The van der Waals surface area contributed by atoms with Crippen LogP contribution in [0.25, 0.3) is 0 Å². The summed E-state index contributed by atoms with van der Waals surface area (Å²) in [6, 6.07) is 1.75. The topological polar surface area (TPSA) is 94.3 Å². The maximum absolute atomic E-state index is 5.36. The molecule has 0 radical (unpaired) electrons. The van der Waals surface area contributed by atoms with Crippen molar-refractivity contribution in [3.63, 3.8) is 0 Å². The minimum Gasteiger partial charge on any atom is -0.385 e. The van der Waals surface area contributed by atoms with Crippen LogP contribution in [-0.4, -0.2) is 36.8 Å². The molecule has 7 nitrogen and oxygen atoms in total. The highest BCUT2D eigenvalue weighted by atomic mass is 16.5. The molecule has 7 heteroatoms. The average molecular weight is 255 g/mol. The zero-order valence-corrected chi connectivity index (χ0v) is 10.9. The van der Waals surface area contributed by atoms with Crippen LogP contribution < -0.4 is 16.6 Å². The van der Waals surface area contributed by atoms with E-state index in [4.69, 9.17) is 15.3 Å². The first-order chi connectivity index (χ1) is 8.80. The molecule has 0 aliphatic rings. The molecule has 4 N–H and O–H groups in total. The first-order valence-electron chi connectivity index (χ1n) is 5.95. The van der Waals surface area contributed by atoms with Crippen LogP contribution in [-0.2, 0) is 16.1 Å². The van der Waals surface area contributed by atoms with Crippen LogP contribution in [0.15, 0.2) is 6.07 Å².